The lowest BCUT2D eigenvalue weighted by Gasteiger charge is -2.06. The van der Waals surface area contributed by atoms with Crippen molar-refractivity contribution in [2.45, 2.75) is 0 Å². The molecule has 0 spiro atoms. The van der Waals surface area contributed by atoms with Crippen LogP contribution in [0, 0.1) is 63.1 Å². The number of fused-ring (bicyclic) bond motifs is 6. The van der Waals surface area contributed by atoms with Crippen LogP contribution in [0.1, 0.15) is 11.4 Å². The van der Waals surface area contributed by atoms with E-state index in [4.69, 9.17) is 0 Å². The van der Waals surface area contributed by atoms with Gasteiger partial charge >= 0.3 is 23.0 Å². The first kappa shape index (κ1) is 21.2. The highest BCUT2D eigenvalue weighted by Crippen LogP contribution is 2.40. The molecule has 0 fully saturated rings. The van der Waals surface area contributed by atoms with Crippen LogP contribution in [0.25, 0.3) is 32.8 Å². The number of hydrogen-bond acceptors (Lipinski definition) is 14. The van der Waals surface area contributed by atoms with E-state index in [2.05, 4.69) is 19.9 Å². The number of aromatic nitrogens is 4. The van der Waals surface area contributed by atoms with Gasteiger partial charge in [-0.15, -0.1) is 0 Å². The van der Waals surface area contributed by atoms with Crippen LogP contribution in [-0.2, 0) is 0 Å². The number of nitrogens with zero attached hydrogens (tertiary/aromatic N) is 10. The second-order valence-corrected chi connectivity index (χ2v) is 6.32. The van der Waals surface area contributed by atoms with Crippen LogP contribution in [0.15, 0.2) is 12.1 Å². The Morgan fingerprint density at radius 3 is 1.32 bits per heavy atom. The Morgan fingerprint density at radius 2 is 0.941 bits per heavy atom. The minimum Gasteiger partial charge on any atom is -0.358 e. The molecular formula is C16H2N10O8. The highest BCUT2D eigenvalue weighted by Gasteiger charge is 2.35. The van der Waals surface area contributed by atoms with Crippen LogP contribution in [-0.4, -0.2) is 39.6 Å². The van der Waals surface area contributed by atoms with E-state index in [-0.39, 0.29) is 16.3 Å². The maximum Gasteiger partial charge on any atom is 0.463 e. The van der Waals surface area contributed by atoms with Gasteiger partial charge in [-0.25, -0.2) is 9.97 Å². The molecule has 18 heteroatoms. The van der Waals surface area contributed by atoms with Crippen LogP contribution in [0.5, 0.6) is 0 Å². The summed E-state index contributed by atoms with van der Waals surface area (Å²) in [6, 6.07) is 4.60. The lowest BCUT2D eigenvalue weighted by atomic mass is 10.0. The topological polar surface area (TPSA) is 272 Å². The highest BCUT2D eigenvalue weighted by molar-refractivity contribution is 6.22. The summed E-state index contributed by atoms with van der Waals surface area (Å²) in [6.45, 7) is 0. The summed E-state index contributed by atoms with van der Waals surface area (Å²) in [7, 11) is 0. The molecule has 2 aromatic carbocycles. The largest absolute Gasteiger partial charge is 0.463 e. The number of nitro groups is 4. The first-order valence-electron chi connectivity index (χ1n) is 8.50. The summed E-state index contributed by atoms with van der Waals surface area (Å²) < 4.78 is 0. The smallest absolute Gasteiger partial charge is 0.358 e. The molecular weight excluding hydrogens is 460 g/mol. The predicted octanol–water partition coefficient (Wildman–Crippen LogP) is 2.10. The molecule has 0 saturated heterocycles. The molecule has 0 unspecified atom stereocenters. The van der Waals surface area contributed by atoms with E-state index in [9.17, 15) is 51.0 Å². The highest BCUT2D eigenvalue weighted by atomic mass is 16.6. The molecule has 0 saturated carbocycles. The van der Waals surface area contributed by atoms with Crippen molar-refractivity contribution in [1.82, 2.24) is 19.9 Å². The van der Waals surface area contributed by atoms with Gasteiger partial charge in [-0.05, 0) is 19.8 Å². The molecule has 0 bridgehead atoms. The Balaban J connectivity index is 2.41. The van der Waals surface area contributed by atoms with Gasteiger partial charge in [-0.2, -0.15) is 10.5 Å². The van der Waals surface area contributed by atoms with Crippen molar-refractivity contribution in [1.29, 1.82) is 10.5 Å². The summed E-state index contributed by atoms with van der Waals surface area (Å²) in [5, 5.41) is 63.6. The van der Waals surface area contributed by atoms with Gasteiger partial charge in [0, 0.05) is 22.9 Å². The van der Waals surface area contributed by atoms with Crippen LogP contribution in [0.3, 0.4) is 0 Å². The Kier molecular flexibility index (Phi) is 4.54. The summed E-state index contributed by atoms with van der Waals surface area (Å²) >= 11 is 0. The third kappa shape index (κ3) is 2.96. The average molecular weight is 462 g/mol. The van der Waals surface area contributed by atoms with Gasteiger partial charge in [0.15, 0.2) is 11.4 Å². The van der Waals surface area contributed by atoms with Crippen molar-refractivity contribution >= 4 is 55.8 Å². The van der Waals surface area contributed by atoms with Crippen LogP contribution in [0.2, 0.25) is 0 Å². The lowest BCUT2D eigenvalue weighted by molar-refractivity contribution is -0.428. The third-order valence-electron chi connectivity index (χ3n) is 4.56. The van der Waals surface area contributed by atoms with E-state index in [0.29, 0.717) is 6.07 Å². The van der Waals surface area contributed by atoms with E-state index >= 15 is 0 Å². The first-order valence-corrected chi connectivity index (χ1v) is 8.50. The molecule has 0 amide bonds. The van der Waals surface area contributed by atoms with Gasteiger partial charge < -0.3 is 20.2 Å². The molecule has 164 valence electrons. The molecule has 4 rings (SSSR count). The molecule has 2 heterocycles. The van der Waals surface area contributed by atoms with Crippen molar-refractivity contribution in [3.05, 3.63) is 64.0 Å². The number of nitro benzene ring substituents is 2. The molecule has 18 nitrogen and oxygen atoms in total. The molecule has 0 atom stereocenters. The molecule has 34 heavy (non-hydrogen) atoms. The summed E-state index contributed by atoms with van der Waals surface area (Å²) in [5.74, 6) is -2.60. The zero-order valence-corrected chi connectivity index (χ0v) is 15.9. The predicted molar refractivity (Wildman–Crippen MR) is 106 cm³/mol. The van der Waals surface area contributed by atoms with Crippen LogP contribution in [0.4, 0.5) is 23.0 Å². The molecule has 0 aliphatic heterocycles. The number of nitriles is 2. The Bertz CT molecular complexity index is 1630. The van der Waals surface area contributed by atoms with E-state index in [0.717, 1.165) is 6.07 Å². The van der Waals surface area contributed by atoms with Gasteiger partial charge in [0.2, 0.25) is 5.52 Å². The molecule has 0 radical (unpaired) electrons. The number of hydrogen-bond donors (Lipinski definition) is 0. The fourth-order valence-electron chi connectivity index (χ4n) is 3.22. The lowest BCUT2D eigenvalue weighted by Crippen LogP contribution is -2.05. The fraction of sp³-hybridized carbons (Fsp3) is 0. The number of rotatable bonds is 4. The fourth-order valence-corrected chi connectivity index (χ4v) is 3.22. The molecule has 0 N–H and O–H groups in total. The van der Waals surface area contributed by atoms with Gasteiger partial charge in [0.25, 0.3) is 5.52 Å². The second kappa shape index (κ2) is 7.28. The van der Waals surface area contributed by atoms with E-state index in [1.807, 2.05) is 0 Å². The van der Waals surface area contributed by atoms with E-state index < -0.39 is 70.6 Å². The maximum atomic E-state index is 11.4. The molecule has 0 aliphatic rings. The van der Waals surface area contributed by atoms with Gasteiger partial charge in [-0.1, -0.05) is 0 Å². The Labute approximate surface area is 182 Å². The van der Waals surface area contributed by atoms with Crippen molar-refractivity contribution in [3.8, 4) is 12.1 Å². The minimum absolute atomic E-state index is 0.245. The Morgan fingerprint density at radius 1 is 0.588 bits per heavy atom. The standard InChI is InChI=1S/C16H2N10O8/c17-3-7-8(4-18)20-13-11(19-7)5-1-9(23(27)28)10(24(29)30)2-6(5)12-14(13)22-16(26(33)34)15(21-12)25(31)32/h1-2H. The van der Waals surface area contributed by atoms with Gasteiger partial charge in [0.05, 0.1) is 9.85 Å². The SMILES string of the molecule is N#Cc1nc2c3cc([N+](=O)[O-])c([N+](=O)[O-])cc3c3nc([N+](=O)[O-])c([N+](=O)[O-])nc3c2nc1C#N. The number of benzene rings is 2. The van der Waals surface area contributed by atoms with Crippen LogP contribution >= 0.6 is 0 Å². The normalized spacial score (nSPS) is 10.6. The summed E-state index contributed by atoms with van der Waals surface area (Å²) in [4.78, 5) is 56.2. The zero-order valence-electron chi connectivity index (χ0n) is 15.9. The van der Waals surface area contributed by atoms with Crippen molar-refractivity contribution in [2.75, 3.05) is 0 Å². The van der Waals surface area contributed by atoms with Crippen molar-refractivity contribution < 1.29 is 19.7 Å². The van der Waals surface area contributed by atoms with Crippen molar-refractivity contribution in [3.63, 3.8) is 0 Å². The van der Waals surface area contributed by atoms with Gasteiger partial charge in [0.1, 0.15) is 23.2 Å². The first-order chi connectivity index (χ1) is 16.1. The minimum atomic E-state index is -1.30. The summed E-state index contributed by atoms with van der Waals surface area (Å²) in [5.41, 5.74) is -4.76. The van der Waals surface area contributed by atoms with E-state index in [1.165, 1.54) is 0 Å². The Hall–Kier alpha value is -6.04. The summed E-state index contributed by atoms with van der Waals surface area (Å²) in [6.07, 6.45) is 0. The quantitative estimate of drug-likeness (QED) is 0.238. The van der Waals surface area contributed by atoms with Gasteiger partial charge in [-0.3, -0.25) is 20.2 Å². The van der Waals surface area contributed by atoms with E-state index in [1.54, 1.807) is 12.1 Å². The van der Waals surface area contributed by atoms with Crippen LogP contribution < -0.4 is 0 Å². The average Bonchev–Trinajstić information content (AvgIpc) is 2.81. The second-order valence-electron chi connectivity index (χ2n) is 6.32. The third-order valence-corrected chi connectivity index (χ3v) is 4.56. The van der Waals surface area contributed by atoms with Crippen molar-refractivity contribution in [2.24, 2.45) is 0 Å². The zero-order chi connectivity index (χ0) is 24.9. The maximum absolute atomic E-state index is 11.4. The molecule has 2 aromatic heterocycles. The molecule has 0 aliphatic carbocycles. The monoisotopic (exact) mass is 462 g/mol. The molecule has 4 aromatic rings.